The molecule has 1 atom stereocenters. The van der Waals surface area contributed by atoms with Crippen molar-refractivity contribution in [1.29, 1.82) is 0 Å². The predicted molar refractivity (Wildman–Crippen MR) is 82.7 cm³/mol. The molecule has 1 heterocycles. The number of aliphatic hydroxyl groups excluding tert-OH is 1. The van der Waals surface area contributed by atoms with Crippen LogP contribution >= 0.6 is 27.7 Å². The van der Waals surface area contributed by atoms with E-state index in [1.165, 1.54) is 0 Å². The van der Waals surface area contributed by atoms with Gasteiger partial charge in [0.25, 0.3) is 0 Å². The quantitative estimate of drug-likeness (QED) is 0.793. The summed E-state index contributed by atoms with van der Waals surface area (Å²) in [6.07, 6.45) is -5.32. The minimum atomic E-state index is -4.25. The molecule has 0 aliphatic carbocycles. The predicted octanol–water partition coefficient (Wildman–Crippen LogP) is 4.74. The van der Waals surface area contributed by atoms with Crippen LogP contribution in [-0.4, -0.2) is 27.9 Å². The van der Waals surface area contributed by atoms with E-state index >= 15 is 0 Å². The molecule has 2 rings (SSSR count). The average molecular weight is 396 g/mol. The summed E-state index contributed by atoms with van der Waals surface area (Å²) < 4.78 is 42.6. The highest BCUT2D eigenvalue weighted by molar-refractivity contribution is 9.10. The second kappa shape index (κ2) is 7.06. The molecule has 8 heteroatoms. The monoisotopic (exact) mass is 395 g/mol. The zero-order valence-electron chi connectivity index (χ0n) is 11.5. The first-order valence-corrected chi connectivity index (χ1v) is 8.27. The molecule has 0 amide bonds. The van der Waals surface area contributed by atoms with E-state index in [1.54, 1.807) is 19.1 Å². The number of rotatable bonds is 5. The summed E-state index contributed by atoms with van der Waals surface area (Å²) in [5.74, 6) is -0.697. The molecular formula is C14H13BrF3NO2S. The molecule has 0 spiro atoms. The Kier molecular flexibility index (Phi) is 5.57. The van der Waals surface area contributed by atoms with Gasteiger partial charge in [0, 0.05) is 15.8 Å². The van der Waals surface area contributed by atoms with E-state index in [0.29, 0.717) is 34.3 Å². The van der Waals surface area contributed by atoms with Gasteiger partial charge in [-0.3, -0.25) is 0 Å². The third-order valence-electron chi connectivity index (χ3n) is 2.89. The summed E-state index contributed by atoms with van der Waals surface area (Å²) in [5.41, 5.74) is 1.61. The number of aliphatic hydroxyl groups is 1. The average Bonchev–Trinajstić information content (AvgIpc) is 2.80. The fourth-order valence-corrected chi connectivity index (χ4v) is 2.95. The molecule has 0 aliphatic rings. The lowest BCUT2D eigenvalue weighted by Gasteiger charge is -2.12. The summed E-state index contributed by atoms with van der Waals surface area (Å²) in [6.45, 7) is 1.65. The van der Waals surface area contributed by atoms with Crippen molar-refractivity contribution in [3.63, 3.8) is 0 Å². The van der Waals surface area contributed by atoms with Crippen LogP contribution < -0.4 is 0 Å². The maximum absolute atomic E-state index is 12.2. The normalized spacial score (nSPS) is 13.4. The van der Waals surface area contributed by atoms with Crippen LogP contribution in [0.4, 0.5) is 13.2 Å². The number of halogens is 4. The standard InChI is InChI=1S/C14H13BrF3NO2S/c1-8-12(11(20)6-22-7-14(16,17)18)13(21-19-8)9-2-4-10(15)5-3-9/h2-5,11,20H,6-7H2,1H3. The van der Waals surface area contributed by atoms with E-state index in [1.807, 2.05) is 12.1 Å². The van der Waals surface area contributed by atoms with Crippen LogP contribution in [-0.2, 0) is 0 Å². The van der Waals surface area contributed by atoms with E-state index in [9.17, 15) is 18.3 Å². The van der Waals surface area contributed by atoms with Crippen molar-refractivity contribution in [3.8, 4) is 11.3 Å². The molecule has 0 radical (unpaired) electrons. The van der Waals surface area contributed by atoms with Crippen molar-refractivity contribution in [2.45, 2.75) is 19.2 Å². The highest BCUT2D eigenvalue weighted by Crippen LogP contribution is 2.34. The van der Waals surface area contributed by atoms with Crippen molar-refractivity contribution in [1.82, 2.24) is 5.16 Å². The maximum Gasteiger partial charge on any atom is 0.397 e. The molecule has 120 valence electrons. The Morgan fingerprint density at radius 3 is 2.55 bits per heavy atom. The third kappa shape index (κ3) is 4.50. The van der Waals surface area contributed by atoms with E-state index < -0.39 is 18.0 Å². The van der Waals surface area contributed by atoms with E-state index in [0.717, 1.165) is 4.47 Å². The number of aryl methyl sites for hydroxylation is 1. The van der Waals surface area contributed by atoms with Gasteiger partial charge in [0.2, 0.25) is 0 Å². The molecule has 22 heavy (non-hydrogen) atoms. The zero-order valence-corrected chi connectivity index (χ0v) is 13.9. The first-order chi connectivity index (χ1) is 10.3. The van der Waals surface area contributed by atoms with Crippen LogP contribution in [0.1, 0.15) is 17.4 Å². The zero-order chi connectivity index (χ0) is 16.3. The van der Waals surface area contributed by atoms with Gasteiger partial charge >= 0.3 is 6.18 Å². The van der Waals surface area contributed by atoms with Gasteiger partial charge in [0.1, 0.15) is 0 Å². The second-order valence-corrected chi connectivity index (χ2v) is 6.61. The number of benzene rings is 1. The highest BCUT2D eigenvalue weighted by Gasteiger charge is 2.28. The van der Waals surface area contributed by atoms with Crippen molar-refractivity contribution >= 4 is 27.7 Å². The fraction of sp³-hybridized carbons (Fsp3) is 0.357. The lowest BCUT2D eigenvalue weighted by Crippen LogP contribution is -2.13. The number of hydrogen-bond acceptors (Lipinski definition) is 4. The number of aromatic nitrogens is 1. The molecule has 0 fully saturated rings. The molecular weight excluding hydrogens is 383 g/mol. The van der Waals surface area contributed by atoms with Gasteiger partial charge in [-0.1, -0.05) is 33.2 Å². The highest BCUT2D eigenvalue weighted by atomic mass is 79.9. The number of thioether (sulfide) groups is 1. The molecule has 1 aromatic heterocycles. The summed E-state index contributed by atoms with van der Waals surface area (Å²) in [6, 6.07) is 7.18. The Morgan fingerprint density at radius 1 is 1.32 bits per heavy atom. The van der Waals surface area contributed by atoms with Crippen LogP contribution in [0.2, 0.25) is 0 Å². The van der Waals surface area contributed by atoms with Gasteiger partial charge in [-0.15, -0.1) is 11.8 Å². The Balaban J connectivity index is 2.17. The number of alkyl halides is 3. The van der Waals surface area contributed by atoms with E-state index in [4.69, 9.17) is 4.52 Å². The SMILES string of the molecule is Cc1noc(-c2ccc(Br)cc2)c1C(O)CSCC(F)(F)F. The molecule has 0 saturated carbocycles. The van der Waals surface area contributed by atoms with Gasteiger partial charge in [-0.25, -0.2) is 0 Å². The second-order valence-electron chi connectivity index (χ2n) is 4.66. The Bertz CT molecular complexity index is 628. The van der Waals surface area contributed by atoms with E-state index in [2.05, 4.69) is 21.1 Å². The molecule has 0 saturated heterocycles. The molecule has 1 unspecified atom stereocenters. The van der Waals surface area contributed by atoms with Gasteiger partial charge in [0.15, 0.2) is 5.76 Å². The van der Waals surface area contributed by atoms with Crippen LogP contribution in [0.5, 0.6) is 0 Å². The maximum atomic E-state index is 12.2. The van der Waals surface area contributed by atoms with Gasteiger partial charge < -0.3 is 9.63 Å². The Morgan fingerprint density at radius 2 is 1.95 bits per heavy atom. The Labute approximate surface area is 138 Å². The van der Waals surface area contributed by atoms with Crippen LogP contribution in [0.3, 0.4) is 0 Å². The van der Waals surface area contributed by atoms with Crippen molar-refractivity contribution in [2.75, 3.05) is 11.5 Å². The molecule has 2 aromatic rings. The summed E-state index contributed by atoms with van der Waals surface area (Å²) in [4.78, 5) is 0. The molecule has 3 nitrogen and oxygen atoms in total. The lowest BCUT2D eigenvalue weighted by atomic mass is 10.0. The van der Waals surface area contributed by atoms with Gasteiger partial charge in [0.05, 0.1) is 23.1 Å². The third-order valence-corrected chi connectivity index (χ3v) is 4.50. The number of hydrogen-bond donors (Lipinski definition) is 1. The smallest absolute Gasteiger partial charge is 0.387 e. The van der Waals surface area contributed by atoms with Crippen LogP contribution in [0, 0.1) is 6.92 Å². The largest absolute Gasteiger partial charge is 0.397 e. The summed E-state index contributed by atoms with van der Waals surface area (Å²) >= 11 is 3.95. The number of nitrogens with zero attached hydrogens (tertiary/aromatic N) is 1. The van der Waals surface area contributed by atoms with Crippen molar-refractivity contribution in [2.24, 2.45) is 0 Å². The topological polar surface area (TPSA) is 46.3 Å². The first kappa shape index (κ1) is 17.4. The Hall–Kier alpha value is -0.990. The summed E-state index contributed by atoms with van der Waals surface area (Å²) in [7, 11) is 0. The summed E-state index contributed by atoms with van der Waals surface area (Å²) in [5, 5.41) is 14.0. The van der Waals surface area contributed by atoms with Crippen molar-refractivity contribution < 1.29 is 22.8 Å². The first-order valence-electron chi connectivity index (χ1n) is 6.32. The fourth-order valence-electron chi connectivity index (χ4n) is 1.95. The van der Waals surface area contributed by atoms with Crippen LogP contribution in [0.25, 0.3) is 11.3 Å². The molecule has 1 N–H and O–H groups in total. The van der Waals surface area contributed by atoms with Gasteiger partial charge in [-0.2, -0.15) is 13.2 Å². The minimum Gasteiger partial charge on any atom is -0.387 e. The molecule has 0 bridgehead atoms. The van der Waals surface area contributed by atoms with Gasteiger partial charge in [-0.05, 0) is 19.1 Å². The van der Waals surface area contributed by atoms with E-state index in [-0.39, 0.29) is 5.75 Å². The van der Waals surface area contributed by atoms with Crippen molar-refractivity contribution in [3.05, 3.63) is 40.0 Å². The molecule has 1 aromatic carbocycles. The van der Waals surface area contributed by atoms with Crippen LogP contribution in [0.15, 0.2) is 33.3 Å². The lowest BCUT2D eigenvalue weighted by molar-refractivity contribution is -0.105. The minimum absolute atomic E-state index is 0.0783. The molecule has 0 aliphatic heterocycles.